The zero-order chi connectivity index (χ0) is 13.8. The van der Waals surface area contributed by atoms with Crippen LogP contribution in [0.5, 0.6) is 0 Å². The summed E-state index contributed by atoms with van der Waals surface area (Å²) in [5, 5.41) is 3.53. The molecule has 0 saturated carbocycles. The van der Waals surface area contributed by atoms with E-state index in [-0.39, 0.29) is 0 Å². The van der Waals surface area contributed by atoms with Crippen LogP contribution in [0, 0.1) is 0 Å². The van der Waals surface area contributed by atoms with E-state index in [1.165, 1.54) is 11.1 Å². The Labute approximate surface area is 121 Å². The number of hydrogen-bond acceptors (Lipinski definition) is 2. The third-order valence-electron chi connectivity index (χ3n) is 4.25. The van der Waals surface area contributed by atoms with Crippen LogP contribution in [0.1, 0.15) is 30.1 Å². The Bertz CT molecular complexity index is 524. The Kier molecular flexibility index (Phi) is 4.14. The molecule has 1 aliphatic heterocycles. The fourth-order valence-electron chi connectivity index (χ4n) is 3.09. The van der Waals surface area contributed by atoms with Crippen LogP contribution >= 0.6 is 0 Å². The van der Waals surface area contributed by atoms with Gasteiger partial charge in [-0.25, -0.2) is 0 Å². The predicted octanol–water partition coefficient (Wildman–Crippen LogP) is 3.39. The van der Waals surface area contributed by atoms with Gasteiger partial charge in [0, 0.05) is 31.7 Å². The number of nitrogens with zero attached hydrogens (tertiary/aromatic N) is 1. The minimum Gasteiger partial charge on any atom is -0.314 e. The van der Waals surface area contributed by atoms with Gasteiger partial charge in [0.1, 0.15) is 0 Å². The van der Waals surface area contributed by atoms with Crippen molar-refractivity contribution < 1.29 is 0 Å². The molecule has 2 heteroatoms. The van der Waals surface area contributed by atoms with Gasteiger partial charge in [-0.1, -0.05) is 60.7 Å². The number of piperazine rings is 1. The standard InChI is InChI=1S/C18H22N2/c1-15(16-8-4-2-5-9-16)20-13-12-19-14-18(20)17-10-6-3-7-11-17/h2-11,15,18-19H,12-14H2,1H3. The molecule has 0 spiro atoms. The first kappa shape index (κ1) is 13.3. The smallest absolute Gasteiger partial charge is 0.0479 e. The van der Waals surface area contributed by atoms with Crippen LogP contribution in [0.15, 0.2) is 60.7 Å². The van der Waals surface area contributed by atoms with Gasteiger partial charge in [0.05, 0.1) is 0 Å². The van der Waals surface area contributed by atoms with Crippen LogP contribution in [0.2, 0.25) is 0 Å². The van der Waals surface area contributed by atoms with Gasteiger partial charge in [-0.2, -0.15) is 0 Å². The van der Waals surface area contributed by atoms with Crippen molar-refractivity contribution in [2.45, 2.75) is 19.0 Å². The molecule has 2 aromatic carbocycles. The van der Waals surface area contributed by atoms with Gasteiger partial charge in [0.2, 0.25) is 0 Å². The first-order valence-electron chi connectivity index (χ1n) is 7.42. The highest BCUT2D eigenvalue weighted by atomic mass is 15.2. The lowest BCUT2D eigenvalue weighted by Gasteiger charge is -2.40. The SMILES string of the molecule is CC(c1ccccc1)N1CCNCC1c1ccccc1. The summed E-state index contributed by atoms with van der Waals surface area (Å²) in [4.78, 5) is 2.61. The largest absolute Gasteiger partial charge is 0.314 e. The van der Waals surface area contributed by atoms with E-state index in [4.69, 9.17) is 0 Å². The van der Waals surface area contributed by atoms with E-state index in [2.05, 4.69) is 77.8 Å². The lowest BCUT2D eigenvalue weighted by atomic mass is 9.98. The van der Waals surface area contributed by atoms with Crippen LogP contribution in [0.3, 0.4) is 0 Å². The van der Waals surface area contributed by atoms with Crippen molar-refractivity contribution in [2.75, 3.05) is 19.6 Å². The summed E-state index contributed by atoms with van der Waals surface area (Å²) in [6.45, 7) is 5.51. The molecule has 20 heavy (non-hydrogen) atoms. The van der Waals surface area contributed by atoms with E-state index in [0.29, 0.717) is 12.1 Å². The van der Waals surface area contributed by atoms with Gasteiger partial charge < -0.3 is 5.32 Å². The van der Waals surface area contributed by atoms with E-state index in [1.54, 1.807) is 0 Å². The fraction of sp³-hybridized carbons (Fsp3) is 0.333. The molecule has 1 N–H and O–H groups in total. The molecule has 2 atom stereocenters. The van der Waals surface area contributed by atoms with E-state index >= 15 is 0 Å². The van der Waals surface area contributed by atoms with E-state index in [0.717, 1.165) is 19.6 Å². The highest BCUT2D eigenvalue weighted by molar-refractivity contribution is 5.23. The second-order valence-corrected chi connectivity index (χ2v) is 5.46. The molecule has 1 heterocycles. The minimum absolute atomic E-state index is 0.448. The highest BCUT2D eigenvalue weighted by Crippen LogP contribution is 2.31. The molecule has 0 amide bonds. The molecule has 1 fully saturated rings. The molecule has 2 unspecified atom stereocenters. The van der Waals surface area contributed by atoms with E-state index in [1.807, 2.05) is 0 Å². The predicted molar refractivity (Wildman–Crippen MR) is 83.6 cm³/mol. The maximum absolute atomic E-state index is 3.53. The minimum atomic E-state index is 0.448. The third kappa shape index (κ3) is 2.77. The first-order chi connectivity index (χ1) is 9.86. The van der Waals surface area contributed by atoms with Gasteiger partial charge in [-0.05, 0) is 18.1 Å². The summed E-state index contributed by atoms with van der Waals surface area (Å²) in [5.74, 6) is 0. The summed E-state index contributed by atoms with van der Waals surface area (Å²) in [7, 11) is 0. The van der Waals surface area contributed by atoms with E-state index < -0.39 is 0 Å². The fourth-order valence-corrected chi connectivity index (χ4v) is 3.09. The molecule has 0 radical (unpaired) electrons. The summed E-state index contributed by atoms with van der Waals surface area (Å²) in [6, 6.07) is 22.5. The monoisotopic (exact) mass is 266 g/mol. The maximum atomic E-state index is 3.53. The average Bonchev–Trinajstić information content (AvgIpc) is 2.56. The Morgan fingerprint density at radius 1 is 1.00 bits per heavy atom. The molecule has 3 rings (SSSR count). The molecule has 2 nitrogen and oxygen atoms in total. The van der Waals surface area contributed by atoms with Crippen molar-refractivity contribution in [2.24, 2.45) is 0 Å². The summed E-state index contributed by atoms with van der Waals surface area (Å²) in [6.07, 6.45) is 0. The maximum Gasteiger partial charge on any atom is 0.0479 e. The molecule has 104 valence electrons. The molecule has 0 aromatic heterocycles. The number of rotatable bonds is 3. The van der Waals surface area contributed by atoms with Crippen molar-refractivity contribution in [1.82, 2.24) is 10.2 Å². The van der Waals surface area contributed by atoms with Crippen molar-refractivity contribution in [3.8, 4) is 0 Å². The zero-order valence-corrected chi connectivity index (χ0v) is 12.0. The summed E-state index contributed by atoms with van der Waals surface area (Å²) < 4.78 is 0. The number of nitrogens with one attached hydrogen (secondary N) is 1. The number of hydrogen-bond donors (Lipinski definition) is 1. The van der Waals surface area contributed by atoms with Gasteiger partial charge in [-0.3, -0.25) is 4.90 Å². The van der Waals surface area contributed by atoms with Crippen LogP contribution in [-0.2, 0) is 0 Å². The molecular formula is C18H22N2. The third-order valence-corrected chi connectivity index (χ3v) is 4.25. The van der Waals surface area contributed by atoms with Crippen molar-refractivity contribution >= 4 is 0 Å². The topological polar surface area (TPSA) is 15.3 Å². The second-order valence-electron chi connectivity index (χ2n) is 5.46. The second kappa shape index (κ2) is 6.21. The van der Waals surface area contributed by atoms with Crippen LogP contribution in [0.4, 0.5) is 0 Å². The average molecular weight is 266 g/mol. The van der Waals surface area contributed by atoms with Gasteiger partial charge in [-0.15, -0.1) is 0 Å². The quantitative estimate of drug-likeness (QED) is 0.916. The molecule has 1 aliphatic rings. The van der Waals surface area contributed by atoms with E-state index in [9.17, 15) is 0 Å². The molecule has 1 saturated heterocycles. The van der Waals surface area contributed by atoms with Gasteiger partial charge in [0.25, 0.3) is 0 Å². The molecular weight excluding hydrogens is 244 g/mol. The summed E-state index contributed by atoms with van der Waals surface area (Å²) in [5.41, 5.74) is 2.80. The van der Waals surface area contributed by atoms with Crippen LogP contribution in [0.25, 0.3) is 0 Å². The first-order valence-corrected chi connectivity index (χ1v) is 7.42. The Balaban J connectivity index is 1.86. The summed E-state index contributed by atoms with van der Waals surface area (Å²) >= 11 is 0. The highest BCUT2D eigenvalue weighted by Gasteiger charge is 2.27. The van der Waals surface area contributed by atoms with Crippen LogP contribution < -0.4 is 5.32 Å². The van der Waals surface area contributed by atoms with Crippen molar-refractivity contribution in [3.05, 3.63) is 71.8 Å². The zero-order valence-electron chi connectivity index (χ0n) is 12.0. The number of benzene rings is 2. The molecule has 0 aliphatic carbocycles. The lowest BCUT2D eigenvalue weighted by molar-refractivity contribution is 0.115. The Morgan fingerprint density at radius 3 is 2.35 bits per heavy atom. The van der Waals surface area contributed by atoms with Crippen molar-refractivity contribution in [3.63, 3.8) is 0 Å². The Morgan fingerprint density at radius 2 is 1.65 bits per heavy atom. The molecule has 0 bridgehead atoms. The Hall–Kier alpha value is -1.64. The van der Waals surface area contributed by atoms with Crippen molar-refractivity contribution in [1.29, 1.82) is 0 Å². The molecule has 2 aromatic rings. The van der Waals surface area contributed by atoms with Gasteiger partial charge >= 0.3 is 0 Å². The van der Waals surface area contributed by atoms with Crippen LogP contribution in [-0.4, -0.2) is 24.5 Å². The van der Waals surface area contributed by atoms with Gasteiger partial charge in [0.15, 0.2) is 0 Å². The lowest BCUT2D eigenvalue weighted by Crippen LogP contribution is -2.46. The normalized spacial score (nSPS) is 21.6.